The fourth-order valence-electron chi connectivity index (χ4n) is 3.66. The molecule has 2 aliphatic heterocycles. The molecule has 1 amide bonds. The van der Waals surface area contributed by atoms with Crippen molar-refractivity contribution in [1.29, 1.82) is 0 Å². The van der Waals surface area contributed by atoms with Crippen LogP contribution in [0, 0.1) is 0 Å². The molecule has 1 saturated heterocycles. The first-order chi connectivity index (χ1) is 13.3. The Balaban J connectivity index is 1.68. The highest BCUT2D eigenvalue weighted by Crippen LogP contribution is 2.33. The van der Waals surface area contributed by atoms with Gasteiger partial charge < -0.3 is 19.5 Å². The molecule has 2 atom stereocenters. The minimum atomic E-state index is -0.410. The number of aliphatic hydroxyl groups excluding tert-OH is 1. The van der Waals surface area contributed by atoms with Crippen LogP contribution >= 0.6 is 11.3 Å². The van der Waals surface area contributed by atoms with Gasteiger partial charge in [-0.2, -0.15) is 11.3 Å². The van der Waals surface area contributed by atoms with E-state index in [2.05, 4.69) is 16.8 Å². The Labute approximate surface area is 166 Å². The summed E-state index contributed by atoms with van der Waals surface area (Å²) in [6.07, 6.45) is 9.58. The zero-order chi connectivity index (χ0) is 18.9. The van der Waals surface area contributed by atoms with Gasteiger partial charge in [-0.05, 0) is 54.1 Å². The molecule has 3 rings (SSSR count). The number of amides is 1. The Kier molecular flexibility index (Phi) is 8.17. The van der Waals surface area contributed by atoms with Crippen molar-refractivity contribution in [2.45, 2.75) is 63.6 Å². The zero-order valence-corrected chi connectivity index (χ0v) is 16.8. The number of ether oxygens (including phenoxy) is 2. The van der Waals surface area contributed by atoms with Crippen LogP contribution in [-0.4, -0.2) is 48.5 Å². The number of carbonyl (C=O) groups excluding carboxylic acids is 1. The van der Waals surface area contributed by atoms with Crippen molar-refractivity contribution in [3.8, 4) is 0 Å². The molecule has 1 aromatic heterocycles. The Morgan fingerprint density at radius 3 is 2.70 bits per heavy atom. The van der Waals surface area contributed by atoms with Crippen LogP contribution in [-0.2, 0) is 14.3 Å². The molecule has 0 spiro atoms. The van der Waals surface area contributed by atoms with Crippen molar-refractivity contribution in [3.05, 3.63) is 34.2 Å². The van der Waals surface area contributed by atoms with E-state index < -0.39 is 6.29 Å². The van der Waals surface area contributed by atoms with Gasteiger partial charge in [0.05, 0.1) is 6.61 Å². The molecule has 0 aliphatic carbocycles. The van der Waals surface area contributed by atoms with Crippen molar-refractivity contribution < 1.29 is 19.4 Å². The first-order valence-corrected chi connectivity index (χ1v) is 11.1. The van der Waals surface area contributed by atoms with Crippen LogP contribution < -0.4 is 0 Å². The van der Waals surface area contributed by atoms with Crippen molar-refractivity contribution in [1.82, 2.24) is 4.90 Å². The highest BCUT2D eigenvalue weighted by Gasteiger charge is 2.31. The normalized spacial score (nSPS) is 23.9. The quantitative estimate of drug-likeness (QED) is 0.710. The molecular weight excluding hydrogens is 362 g/mol. The van der Waals surface area contributed by atoms with E-state index in [4.69, 9.17) is 14.6 Å². The number of nitrogens with zero attached hydrogens (tertiary/aromatic N) is 1. The number of hydrogen-bond acceptors (Lipinski definition) is 5. The van der Waals surface area contributed by atoms with Crippen LogP contribution in [0.5, 0.6) is 0 Å². The highest BCUT2D eigenvalue weighted by molar-refractivity contribution is 7.08. The van der Waals surface area contributed by atoms with Gasteiger partial charge in [0.1, 0.15) is 0 Å². The second-order valence-electron chi connectivity index (χ2n) is 7.34. The number of carbonyl (C=O) groups is 1. The lowest BCUT2D eigenvalue weighted by atomic mass is 9.95. The van der Waals surface area contributed by atoms with Gasteiger partial charge in [0.15, 0.2) is 5.76 Å². The molecule has 0 aromatic carbocycles. The Bertz CT molecular complexity index is 593. The molecule has 3 heterocycles. The molecule has 5 nitrogen and oxygen atoms in total. The number of thiophene rings is 1. The number of likely N-dealkylation sites (tertiary alicyclic amines) is 1. The van der Waals surface area contributed by atoms with Crippen LogP contribution in [0.2, 0.25) is 0 Å². The first-order valence-electron chi connectivity index (χ1n) is 10.2. The molecular formula is C21H31NO4S. The fraction of sp³-hybridized carbons (Fsp3) is 0.667. The lowest BCUT2D eigenvalue weighted by molar-refractivity contribution is -0.153. The monoisotopic (exact) mass is 393 g/mol. The average molecular weight is 394 g/mol. The Hall–Kier alpha value is -1.37. The SMILES string of the molecule is O=C(C1=C[C@@H](c2ccsc2)C[C@@H](OCCCCO)O1)N1CCCCCCC1. The van der Waals surface area contributed by atoms with Gasteiger partial charge >= 0.3 is 0 Å². The zero-order valence-electron chi connectivity index (χ0n) is 16.0. The number of hydrogen-bond donors (Lipinski definition) is 1. The minimum Gasteiger partial charge on any atom is -0.459 e. The molecule has 1 aromatic rings. The van der Waals surface area contributed by atoms with E-state index >= 15 is 0 Å². The number of allylic oxidation sites excluding steroid dienone is 1. The van der Waals surface area contributed by atoms with Crippen LogP contribution in [0.4, 0.5) is 0 Å². The predicted octanol–water partition coefficient (Wildman–Crippen LogP) is 4.04. The largest absolute Gasteiger partial charge is 0.459 e. The topological polar surface area (TPSA) is 59.0 Å². The van der Waals surface area contributed by atoms with E-state index in [0.717, 1.165) is 38.8 Å². The summed E-state index contributed by atoms with van der Waals surface area (Å²) >= 11 is 1.67. The van der Waals surface area contributed by atoms with Gasteiger partial charge in [-0.15, -0.1) is 0 Å². The van der Waals surface area contributed by atoms with Crippen LogP contribution in [0.1, 0.15) is 62.8 Å². The summed E-state index contributed by atoms with van der Waals surface area (Å²) in [6.45, 7) is 2.33. The van der Waals surface area contributed by atoms with E-state index in [1.807, 2.05) is 11.0 Å². The molecule has 1 N–H and O–H groups in total. The molecule has 0 unspecified atom stereocenters. The third-order valence-electron chi connectivity index (χ3n) is 5.24. The lowest BCUT2D eigenvalue weighted by Crippen LogP contribution is -2.38. The maximum Gasteiger partial charge on any atom is 0.288 e. The third kappa shape index (κ3) is 6.06. The summed E-state index contributed by atoms with van der Waals surface area (Å²) in [4.78, 5) is 15.1. The maximum absolute atomic E-state index is 13.1. The fourth-order valence-corrected chi connectivity index (χ4v) is 4.39. The highest BCUT2D eigenvalue weighted by atomic mass is 32.1. The van der Waals surface area contributed by atoms with Gasteiger partial charge in [-0.3, -0.25) is 4.79 Å². The second kappa shape index (κ2) is 10.8. The van der Waals surface area contributed by atoms with Crippen molar-refractivity contribution in [2.24, 2.45) is 0 Å². The minimum absolute atomic E-state index is 0.000729. The van der Waals surface area contributed by atoms with Crippen molar-refractivity contribution in [2.75, 3.05) is 26.3 Å². The Morgan fingerprint density at radius 1 is 1.22 bits per heavy atom. The number of aliphatic hydroxyl groups is 1. The smallest absolute Gasteiger partial charge is 0.288 e. The van der Waals surface area contributed by atoms with E-state index in [1.165, 1.54) is 24.8 Å². The summed E-state index contributed by atoms with van der Waals surface area (Å²) in [5, 5.41) is 13.1. The standard InChI is InChI=1S/C21H31NO4S/c23-11-6-7-12-25-20-15-18(17-8-13-27-16-17)14-19(26-20)21(24)22-9-4-2-1-3-5-10-22/h8,13-14,16,18,20,23H,1-7,9-12,15H2/t18-,20+/m1/s1. The molecule has 2 aliphatic rings. The summed E-state index contributed by atoms with van der Waals surface area (Å²) in [5.41, 5.74) is 1.21. The summed E-state index contributed by atoms with van der Waals surface area (Å²) in [5.74, 6) is 0.576. The van der Waals surface area contributed by atoms with Crippen molar-refractivity contribution in [3.63, 3.8) is 0 Å². The van der Waals surface area contributed by atoms with Crippen molar-refractivity contribution >= 4 is 17.2 Å². The van der Waals surface area contributed by atoms with Crippen LogP contribution in [0.3, 0.4) is 0 Å². The predicted molar refractivity (Wildman–Crippen MR) is 107 cm³/mol. The first kappa shape index (κ1) is 20.4. The van der Waals surface area contributed by atoms with Crippen LogP contribution in [0.15, 0.2) is 28.7 Å². The molecule has 0 radical (unpaired) electrons. The maximum atomic E-state index is 13.1. The molecule has 1 fully saturated rings. The van der Waals surface area contributed by atoms with Crippen LogP contribution in [0.25, 0.3) is 0 Å². The van der Waals surface area contributed by atoms with Gasteiger partial charge in [0.2, 0.25) is 6.29 Å². The molecule has 0 saturated carbocycles. The van der Waals surface area contributed by atoms with E-state index in [1.54, 1.807) is 11.3 Å². The van der Waals surface area contributed by atoms with E-state index in [-0.39, 0.29) is 18.4 Å². The Morgan fingerprint density at radius 2 is 2.00 bits per heavy atom. The number of rotatable bonds is 7. The average Bonchev–Trinajstić information content (AvgIpc) is 3.19. The van der Waals surface area contributed by atoms with Gasteiger partial charge in [-0.25, -0.2) is 0 Å². The van der Waals surface area contributed by atoms with Gasteiger partial charge in [-0.1, -0.05) is 19.3 Å². The summed E-state index contributed by atoms with van der Waals surface area (Å²) in [7, 11) is 0. The molecule has 150 valence electrons. The number of unbranched alkanes of at least 4 members (excludes halogenated alkanes) is 1. The van der Waals surface area contributed by atoms with E-state index in [0.29, 0.717) is 18.8 Å². The molecule has 27 heavy (non-hydrogen) atoms. The summed E-state index contributed by atoms with van der Waals surface area (Å²) in [6, 6.07) is 2.11. The van der Waals surface area contributed by atoms with E-state index in [9.17, 15) is 4.79 Å². The lowest BCUT2D eigenvalue weighted by Gasteiger charge is -2.32. The second-order valence-corrected chi connectivity index (χ2v) is 8.12. The van der Waals surface area contributed by atoms with Gasteiger partial charge in [0.25, 0.3) is 5.91 Å². The van der Waals surface area contributed by atoms with Gasteiger partial charge in [0, 0.05) is 32.0 Å². The summed E-state index contributed by atoms with van der Waals surface area (Å²) < 4.78 is 11.9. The molecule has 0 bridgehead atoms. The third-order valence-corrected chi connectivity index (χ3v) is 5.94. The molecule has 6 heteroatoms.